The largest absolute Gasteiger partial charge is 0.445 e. The van der Waals surface area contributed by atoms with Gasteiger partial charge in [0.25, 0.3) is 0 Å². The Balaban J connectivity index is 1.87. The van der Waals surface area contributed by atoms with Crippen LogP contribution in [0.5, 0.6) is 0 Å². The molecule has 2 atom stereocenters. The Morgan fingerprint density at radius 3 is 2.42 bits per heavy atom. The van der Waals surface area contributed by atoms with E-state index in [2.05, 4.69) is 0 Å². The molecule has 0 saturated carbocycles. The van der Waals surface area contributed by atoms with Crippen LogP contribution in [0.25, 0.3) is 0 Å². The number of likely N-dealkylation sites (tertiary alicyclic amines) is 1. The molecule has 4 N–H and O–H groups in total. The van der Waals surface area contributed by atoms with Crippen molar-refractivity contribution in [3.8, 4) is 0 Å². The van der Waals surface area contributed by atoms with Crippen LogP contribution in [0.2, 0.25) is 0 Å². The average molecular weight is 266 g/mol. The number of hydrogen-bond acceptors (Lipinski definition) is 5. The second kappa shape index (κ2) is 6.01. The van der Waals surface area contributed by atoms with Gasteiger partial charge in [0.2, 0.25) is 0 Å². The molecule has 0 aromatic heterocycles. The van der Waals surface area contributed by atoms with Crippen LogP contribution in [-0.2, 0) is 11.3 Å². The minimum Gasteiger partial charge on any atom is -0.445 e. The molecule has 1 aromatic carbocycles. The van der Waals surface area contributed by atoms with E-state index in [0.717, 1.165) is 5.56 Å². The monoisotopic (exact) mass is 266 g/mol. The van der Waals surface area contributed by atoms with E-state index in [4.69, 9.17) is 10.5 Å². The summed E-state index contributed by atoms with van der Waals surface area (Å²) in [6, 6.07) is 8.57. The highest BCUT2D eigenvalue weighted by Gasteiger charge is 2.35. The Morgan fingerprint density at radius 2 is 1.84 bits per heavy atom. The first-order chi connectivity index (χ1) is 9.08. The number of ether oxygens (including phenoxy) is 1. The van der Waals surface area contributed by atoms with Crippen LogP contribution in [-0.4, -0.2) is 52.5 Å². The Hall–Kier alpha value is -1.63. The van der Waals surface area contributed by atoms with Gasteiger partial charge in [-0.05, 0) is 5.56 Å². The third kappa shape index (κ3) is 3.44. The minimum atomic E-state index is -0.937. The number of hydrogen-bond donors (Lipinski definition) is 3. The summed E-state index contributed by atoms with van der Waals surface area (Å²) in [6.07, 6.45) is -2.44. The van der Waals surface area contributed by atoms with Gasteiger partial charge >= 0.3 is 6.09 Å². The highest BCUT2D eigenvalue weighted by atomic mass is 16.6. The van der Waals surface area contributed by atoms with Gasteiger partial charge in [0.05, 0.1) is 31.3 Å². The minimum absolute atomic E-state index is 0.0752. The average Bonchev–Trinajstić information content (AvgIpc) is 2.42. The molecule has 2 rings (SSSR count). The molecule has 0 aliphatic carbocycles. The van der Waals surface area contributed by atoms with Gasteiger partial charge in [-0.1, -0.05) is 30.3 Å². The van der Waals surface area contributed by atoms with Crippen LogP contribution < -0.4 is 5.73 Å². The van der Waals surface area contributed by atoms with Gasteiger partial charge in [0.1, 0.15) is 6.61 Å². The first-order valence-electron chi connectivity index (χ1n) is 6.15. The predicted octanol–water partition coefficient (Wildman–Crippen LogP) is -0.312. The maximum absolute atomic E-state index is 11.8. The molecular weight excluding hydrogens is 248 g/mol. The van der Waals surface area contributed by atoms with E-state index in [-0.39, 0.29) is 19.7 Å². The Morgan fingerprint density at radius 1 is 1.26 bits per heavy atom. The molecular formula is C13H18N2O4. The highest BCUT2D eigenvalue weighted by Crippen LogP contribution is 2.12. The zero-order valence-electron chi connectivity index (χ0n) is 10.5. The van der Waals surface area contributed by atoms with E-state index in [0.29, 0.717) is 0 Å². The normalized spacial score (nSPS) is 27.1. The van der Waals surface area contributed by atoms with E-state index >= 15 is 0 Å². The predicted molar refractivity (Wildman–Crippen MR) is 68.2 cm³/mol. The summed E-state index contributed by atoms with van der Waals surface area (Å²) in [5, 5.41) is 19.2. The van der Waals surface area contributed by atoms with E-state index in [1.165, 1.54) is 4.90 Å². The fourth-order valence-corrected chi connectivity index (χ4v) is 1.99. The van der Waals surface area contributed by atoms with Gasteiger partial charge in [0.15, 0.2) is 0 Å². The molecule has 1 fully saturated rings. The lowest BCUT2D eigenvalue weighted by Crippen LogP contribution is -2.60. The fraction of sp³-hybridized carbons (Fsp3) is 0.462. The molecule has 1 amide bonds. The van der Waals surface area contributed by atoms with Gasteiger partial charge in [0, 0.05) is 0 Å². The number of aliphatic hydroxyl groups is 2. The van der Waals surface area contributed by atoms with Crippen LogP contribution in [0.3, 0.4) is 0 Å². The smallest absolute Gasteiger partial charge is 0.410 e. The molecule has 6 heteroatoms. The summed E-state index contributed by atoms with van der Waals surface area (Å²) in [5.41, 5.74) is 6.45. The fourth-order valence-electron chi connectivity index (χ4n) is 1.99. The van der Waals surface area contributed by atoms with Gasteiger partial charge in [-0.2, -0.15) is 0 Å². The molecule has 0 bridgehead atoms. The molecule has 6 nitrogen and oxygen atoms in total. The van der Waals surface area contributed by atoms with Gasteiger partial charge in [-0.25, -0.2) is 4.79 Å². The van der Waals surface area contributed by atoms with Crippen molar-refractivity contribution < 1.29 is 19.7 Å². The zero-order chi connectivity index (χ0) is 13.8. The van der Waals surface area contributed by atoms with Gasteiger partial charge < -0.3 is 25.6 Å². The number of piperidine rings is 1. The second-order valence-electron chi connectivity index (χ2n) is 4.66. The van der Waals surface area contributed by atoms with E-state index in [1.54, 1.807) is 0 Å². The van der Waals surface area contributed by atoms with Crippen molar-refractivity contribution in [2.75, 3.05) is 13.1 Å². The zero-order valence-corrected chi connectivity index (χ0v) is 10.5. The number of carbonyl (C=O) groups is 1. The number of benzene rings is 1. The molecule has 19 heavy (non-hydrogen) atoms. The maximum atomic E-state index is 11.8. The van der Waals surface area contributed by atoms with Crippen molar-refractivity contribution in [2.45, 2.75) is 24.9 Å². The lowest BCUT2D eigenvalue weighted by atomic mass is 10.0. The summed E-state index contributed by atoms with van der Waals surface area (Å²) in [5.74, 6) is 0. The van der Waals surface area contributed by atoms with Crippen molar-refractivity contribution in [1.82, 2.24) is 4.90 Å². The van der Waals surface area contributed by atoms with Crippen molar-refractivity contribution in [3.05, 3.63) is 35.9 Å². The van der Waals surface area contributed by atoms with Crippen molar-refractivity contribution in [2.24, 2.45) is 5.73 Å². The number of amides is 1. The molecule has 104 valence electrons. The summed E-state index contributed by atoms with van der Waals surface area (Å²) < 4.78 is 5.12. The highest BCUT2D eigenvalue weighted by molar-refractivity contribution is 5.68. The summed E-state index contributed by atoms with van der Waals surface area (Å²) in [6.45, 7) is 0.312. The third-order valence-corrected chi connectivity index (χ3v) is 3.17. The topological polar surface area (TPSA) is 96.0 Å². The first-order valence-corrected chi connectivity index (χ1v) is 6.15. The summed E-state index contributed by atoms with van der Waals surface area (Å²) in [7, 11) is 0. The Kier molecular flexibility index (Phi) is 4.36. The molecule has 2 unspecified atom stereocenters. The van der Waals surface area contributed by atoms with Crippen molar-refractivity contribution in [3.63, 3.8) is 0 Å². The number of nitrogens with two attached hydrogens (primary N) is 1. The van der Waals surface area contributed by atoms with Crippen molar-refractivity contribution in [1.29, 1.82) is 0 Å². The molecule has 1 saturated heterocycles. The van der Waals surface area contributed by atoms with E-state index in [1.807, 2.05) is 30.3 Å². The van der Waals surface area contributed by atoms with Crippen LogP contribution in [0, 0.1) is 0 Å². The number of aliphatic hydroxyl groups excluding tert-OH is 2. The summed E-state index contributed by atoms with van der Waals surface area (Å²) in [4.78, 5) is 13.1. The van der Waals surface area contributed by atoms with E-state index < -0.39 is 24.3 Å². The number of carbonyl (C=O) groups excluding carboxylic acids is 1. The maximum Gasteiger partial charge on any atom is 0.410 e. The van der Waals surface area contributed by atoms with Gasteiger partial charge in [-0.15, -0.1) is 0 Å². The lowest BCUT2D eigenvalue weighted by Gasteiger charge is -2.36. The number of nitrogens with zero attached hydrogens (tertiary/aromatic N) is 1. The molecule has 1 aromatic rings. The van der Waals surface area contributed by atoms with Gasteiger partial charge in [-0.3, -0.25) is 0 Å². The van der Waals surface area contributed by atoms with Crippen LogP contribution >= 0.6 is 0 Å². The molecule has 0 radical (unpaired) electrons. The third-order valence-electron chi connectivity index (χ3n) is 3.17. The second-order valence-corrected chi connectivity index (χ2v) is 4.66. The summed E-state index contributed by atoms with van der Waals surface area (Å²) >= 11 is 0. The molecule has 1 heterocycles. The Labute approximate surface area is 111 Å². The van der Waals surface area contributed by atoms with Crippen LogP contribution in [0.15, 0.2) is 30.3 Å². The van der Waals surface area contributed by atoms with Crippen molar-refractivity contribution >= 4 is 6.09 Å². The van der Waals surface area contributed by atoms with Crippen LogP contribution in [0.1, 0.15) is 5.56 Å². The number of rotatable bonds is 2. The Bertz CT molecular complexity index is 414. The van der Waals surface area contributed by atoms with E-state index in [9.17, 15) is 15.0 Å². The first kappa shape index (κ1) is 13.8. The molecule has 1 aliphatic heterocycles. The quantitative estimate of drug-likeness (QED) is 0.682. The standard InChI is InChI=1S/C13H18N2O4/c14-12-10(16)6-15(7-11(12)17)13(18)19-8-9-4-2-1-3-5-9/h1-5,10-12,16-17H,6-8,14H2. The molecule has 1 aliphatic rings. The number of β-amino-alcohol motifs (C(OH)–C–C–N with tert-alkyl or cyclic N) is 2. The van der Waals surface area contributed by atoms with Crippen LogP contribution in [0.4, 0.5) is 4.79 Å². The molecule has 0 spiro atoms. The lowest BCUT2D eigenvalue weighted by molar-refractivity contribution is -0.0264. The SMILES string of the molecule is NC1C(O)CN(C(=O)OCc2ccccc2)CC1O.